The van der Waals surface area contributed by atoms with Gasteiger partial charge in [-0.15, -0.1) is 0 Å². The average molecular weight is 217 g/mol. The number of nitrogens with one attached hydrogen (secondary N) is 1. The largest absolute Gasteiger partial charge is 0.496 e. The molecule has 1 aromatic heterocycles. The Kier molecular flexibility index (Phi) is 2.81. The Hall–Kier alpha value is -1.97. The summed E-state index contributed by atoms with van der Waals surface area (Å²) in [4.78, 5) is 0. The van der Waals surface area contributed by atoms with Gasteiger partial charge in [-0.3, -0.25) is 5.10 Å². The molecule has 0 unspecified atom stereocenters. The lowest BCUT2D eigenvalue weighted by atomic mass is 10.0. The Morgan fingerprint density at radius 1 is 1.44 bits per heavy atom. The number of hydrogen-bond donors (Lipinski definition) is 2. The molecule has 0 aliphatic carbocycles. The van der Waals surface area contributed by atoms with Crippen LogP contribution in [-0.2, 0) is 6.42 Å². The van der Waals surface area contributed by atoms with E-state index >= 15 is 0 Å². The number of anilines is 1. The molecule has 2 aromatic rings. The number of H-pyrrole nitrogens is 1. The number of aromatic nitrogens is 2. The number of ether oxygens (including phenoxy) is 1. The van der Waals surface area contributed by atoms with Crippen molar-refractivity contribution in [2.24, 2.45) is 0 Å². The maximum absolute atomic E-state index is 5.59. The summed E-state index contributed by atoms with van der Waals surface area (Å²) in [7, 11) is 1.68. The second kappa shape index (κ2) is 4.26. The highest BCUT2D eigenvalue weighted by atomic mass is 16.5. The van der Waals surface area contributed by atoms with E-state index in [0.29, 0.717) is 5.82 Å². The van der Waals surface area contributed by atoms with Gasteiger partial charge < -0.3 is 10.5 Å². The van der Waals surface area contributed by atoms with Gasteiger partial charge in [0.1, 0.15) is 11.6 Å². The van der Waals surface area contributed by atoms with Crippen molar-refractivity contribution in [2.75, 3.05) is 12.8 Å². The van der Waals surface area contributed by atoms with E-state index in [1.165, 1.54) is 5.56 Å². The van der Waals surface area contributed by atoms with Crippen LogP contribution in [-0.4, -0.2) is 17.3 Å². The van der Waals surface area contributed by atoms with Gasteiger partial charge in [-0.2, -0.15) is 5.10 Å². The smallest absolute Gasteiger partial charge is 0.145 e. The Morgan fingerprint density at radius 3 is 2.81 bits per heavy atom. The molecule has 0 aliphatic rings. The van der Waals surface area contributed by atoms with Gasteiger partial charge in [0.15, 0.2) is 0 Å². The van der Waals surface area contributed by atoms with Gasteiger partial charge in [-0.25, -0.2) is 0 Å². The molecule has 0 radical (unpaired) electrons. The predicted octanol–water partition coefficient (Wildman–Crippen LogP) is 2.23. The average Bonchev–Trinajstić information content (AvgIpc) is 2.74. The van der Waals surface area contributed by atoms with Crippen molar-refractivity contribution in [3.63, 3.8) is 0 Å². The van der Waals surface area contributed by atoms with Gasteiger partial charge in [0.25, 0.3) is 0 Å². The maximum Gasteiger partial charge on any atom is 0.145 e. The van der Waals surface area contributed by atoms with Crippen LogP contribution < -0.4 is 10.5 Å². The van der Waals surface area contributed by atoms with E-state index < -0.39 is 0 Å². The Morgan fingerprint density at radius 2 is 2.25 bits per heavy atom. The highest BCUT2D eigenvalue weighted by Gasteiger charge is 2.11. The van der Waals surface area contributed by atoms with Crippen LogP contribution in [0, 0.1) is 0 Å². The summed E-state index contributed by atoms with van der Waals surface area (Å²) in [6.45, 7) is 2.10. The summed E-state index contributed by atoms with van der Waals surface area (Å²) in [5.74, 6) is 1.37. The Labute approximate surface area is 94.4 Å². The number of para-hydroxylation sites is 1. The highest BCUT2D eigenvalue weighted by molar-refractivity contribution is 5.70. The zero-order valence-electron chi connectivity index (χ0n) is 9.45. The minimum absolute atomic E-state index is 0.485. The van der Waals surface area contributed by atoms with Crippen molar-refractivity contribution in [3.05, 3.63) is 29.8 Å². The maximum atomic E-state index is 5.59. The van der Waals surface area contributed by atoms with Crippen LogP contribution in [0.5, 0.6) is 5.75 Å². The third kappa shape index (κ3) is 1.74. The van der Waals surface area contributed by atoms with Gasteiger partial charge >= 0.3 is 0 Å². The van der Waals surface area contributed by atoms with Crippen molar-refractivity contribution in [3.8, 4) is 17.0 Å². The van der Waals surface area contributed by atoms with Gasteiger partial charge in [-0.1, -0.05) is 19.1 Å². The van der Waals surface area contributed by atoms with Gasteiger partial charge in [-0.05, 0) is 18.1 Å². The lowest BCUT2D eigenvalue weighted by molar-refractivity contribution is 0.411. The molecule has 1 heterocycles. The first-order chi connectivity index (χ1) is 7.76. The van der Waals surface area contributed by atoms with E-state index in [2.05, 4.69) is 23.2 Å². The molecule has 0 atom stereocenters. The molecule has 0 saturated carbocycles. The topological polar surface area (TPSA) is 63.9 Å². The van der Waals surface area contributed by atoms with Crippen LogP contribution in [0.2, 0.25) is 0 Å². The summed E-state index contributed by atoms with van der Waals surface area (Å²) in [6, 6.07) is 7.86. The van der Waals surface area contributed by atoms with Gasteiger partial charge in [0.2, 0.25) is 0 Å². The molecule has 4 nitrogen and oxygen atoms in total. The number of nitrogens with zero attached hydrogens (tertiary/aromatic N) is 1. The zero-order chi connectivity index (χ0) is 11.5. The van der Waals surface area contributed by atoms with Crippen LogP contribution in [0.15, 0.2) is 24.3 Å². The molecule has 0 fully saturated rings. The number of rotatable bonds is 3. The summed E-state index contributed by atoms with van der Waals surface area (Å²) >= 11 is 0. The molecule has 0 spiro atoms. The van der Waals surface area contributed by atoms with Gasteiger partial charge in [0, 0.05) is 11.6 Å². The Balaban J connectivity index is 2.56. The molecule has 1 aromatic carbocycles. The van der Waals surface area contributed by atoms with Crippen molar-refractivity contribution < 1.29 is 4.74 Å². The summed E-state index contributed by atoms with van der Waals surface area (Å²) in [6.07, 6.45) is 0.931. The first-order valence-corrected chi connectivity index (χ1v) is 5.23. The molecule has 0 aliphatic heterocycles. The number of aryl methyl sites for hydroxylation is 1. The highest BCUT2D eigenvalue weighted by Crippen LogP contribution is 2.32. The fourth-order valence-electron chi connectivity index (χ4n) is 1.79. The van der Waals surface area contributed by atoms with Gasteiger partial charge in [0.05, 0.1) is 12.8 Å². The normalized spacial score (nSPS) is 10.4. The van der Waals surface area contributed by atoms with E-state index in [9.17, 15) is 0 Å². The van der Waals surface area contributed by atoms with E-state index in [0.717, 1.165) is 23.4 Å². The van der Waals surface area contributed by atoms with Crippen molar-refractivity contribution >= 4 is 5.82 Å². The molecular formula is C12H15N3O. The Bertz CT molecular complexity index is 491. The van der Waals surface area contributed by atoms with Crippen molar-refractivity contribution in [1.82, 2.24) is 10.2 Å². The van der Waals surface area contributed by atoms with E-state index in [4.69, 9.17) is 10.5 Å². The number of aromatic amines is 1. The molecule has 84 valence electrons. The lowest BCUT2D eigenvalue weighted by Crippen LogP contribution is -1.93. The molecule has 3 N–H and O–H groups in total. The molecule has 0 amide bonds. The van der Waals surface area contributed by atoms with E-state index in [-0.39, 0.29) is 0 Å². The fraction of sp³-hybridized carbons (Fsp3) is 0.250. The van der Waals surface area contributed by atoms with Crippen LogP contribution >= 0.6 is 0 Å². The lowest BCUT2D eigenvalue weighted by Gasteiger charge is -2.10. The second-order valence-corrected chi connectivity index (χ2v) is 3.56. The van der Waals surface area contributed by atoms with Crippen LogP contribution in [0.25, 0.3) is 11.3 Å². The number of nitrogen functional groups attached to an aromatic ring is 1. The second-order valence-electron chi connectivity index (χ2n) is 3.56. The zero-order valence-corrected chi connectivity index (χ0v) is 9.45. The third-order valence-corrected chi connectivity index (χ3v) is 2.57. The van der Waals surface area contributed by atoms with Crippen molar-refractivity contribution in [1.29, 1.82) is 0 Å². The molecule has 0 bridgehead atoms. The standard InChI is InChI=1S/C12H15N3O/c1-3-8-5-4-6-9(12(8)16-2)10-7-11(13)15-14-10/h4-7H,3H2,1-2H3,(H3,13,14,15). The monoisotopic (exact) mass is 217 g/mol. The quantitative estimate of drug-likeness (QED) is 0.828. The fourth-order valence-corrected chi connectivity index (χ4v) is 1.79. The SMILES string of the molecule is CCc1cccc(-c2cc(N)n[nH]2)c1OC. The number of benzene rings is 1. The minimum atomic E-state index is 0.485. The minimum Gasteiger partial charge on any atom is -0.496 e. The number of nitrogens with two attached hydrogens (primary N) is 1. The first-order valence-electron chi connectivity index (χ1n) is 5.23. The predicted molar refractivity (Wildman–Crippen MR) is 64.4 cm³/mol. The van der Waals surface area contributed by atoms with Crippen molar-refractivity contribution in [2.45, 2.75) is 13.3 Å². The molecule has 2 rings (SSSR count). The number of hydrogen-bond acceptors (Lipinski definition) is 3. The molecule has 0 saturated heterocycles. The summed E-state index contributed by atoms with van der Waals surface area (Å²) in [5.41, 5.74) is 8.64. The first kappa shape index (κ1) is 10.5. The van der Waals surface area contributed by atoms with E-state index in [1.54, 1.807) is 13.2 Å². The van der Waals surface area contributed by atoms with Crippen LogP contribution in [0.4, 0.5) is 5.82 Å². The third-order valence-electron chi connectivity index (χ3n) is 2.57. The number of methoxy groups -OCH3 is 1. The molecular weight excluding hydrogens is 202 g/mol. The van der Waals surface area contributed by atoms with Crippen LogP contribution in [0.3, 0.4) is 0 Å². The summed E-state index contributed by atoms with van der Waals surface area (Å²) in [5, 5.41) is 6.81. The van der Waals surface area contributed by atoms with E-state index in [1.807, 2.05) is 12.1 Å². The van der Waals surface area contributed by atoms with Crippen LogP contribution in [0.1, 0.15) is 12.5 Å². The molecule has 16 heavy (non-hydrogen) atoms. The summed E-state index contributed by atoms with van der Waals surface area (Å²) < 4.78 is 5.44. The molecule has 4 heteroatoms.